The van der Waals surface area contributed by atoms with Crippen molar-refractivity contribution >= 4 is 5.69 Å². The number of fused-ring (bicyclic) bond motifs is 1. The lowest BCUT2D eigenvalue weighted by molar-refractivity contribution is 0.106. The monoisotopic (exact) mass is 230 g/mol. The number of anilines is 1. The Morgan fingerprint density at radius 3 is 2.82 bits per heavy atom. The van der Waals surface area contributed by atoms with Crippen molar-refractivity contribution in [2.24, 2.45) is 5.92 Å². The van der Waals surface area contributed by atoms with E-state index in [1.807, 2.05) is 12.1 Å². The van der Waals surface area contributed by atoms with Crippen LogP contribution in [0.4, 0.5) is 5.69 Å². The molecule has 2 heteroatoms. The summed E-state index contributed by atoms with van der Waals surface area (Å²) >= 11 is 0. The Morgan fingerprint density at radius 1 is 1.12 bits per heavy atom. The van der Waals surface area contributed by atoms with Gasteiger partial charge in [0, 0.05) is 18.3 Å². The largest absolute Gasteiger partial charge is 0.398 e. The first-order chi connectivity index (χ1) is 8.34. The van der Waals surface area contributed by atoms with Gasteiger partial charge in [0.05, 0.1) is 0 Å². The van der Waals surface area contributed by atoms with Gasteiger partial charge in [-0.15, -0.1) is 0 Å². The van der Waals surface area contributed by atoms with Crippen molar-refractivity contribution in [2.45, 2.75) is 44.7 Å². The molecule has 0 spiro atoms. The fraction of sp³-hybridized carbons (Fsp3) is 0.600. The summed E-state index contributed by atoms with van der Waals surface area (Å²) in [6, 6.07) is 9.15. The molecular weight excluding hydrogens is 208 g/mol. The highest BCUT2D eigenvalue weighted by Gasteiger charge is 2.34. The number of para-hydroxylation sites is 1. The van der Waals surface area contributed by atoms with E-state index in [0.29, 0.717) is 0 Å². The smallest absolute Gasteiger partial charge is 0.0359 e. The van der Waals surface area contributed by atoms with Crippen molar-refractivity contribution in [2.75, 3.05) is 12.3 Å². The molecule has 17 heavy (non-hydrogen) atoms. The molecule has 0 bridgehead atoms. The molecule has 0 amide bonds. The van der Waals surface area contributed by atoms with Crippen molar-refractivity contribution < 1.29 is 0 Å². The van der Waals surface area contributed by atoms with E-state index in [-0.39, 0.29) is 0 Å². The molecule has 2 unspecified atom stereocenters. The van der Waals surface area contributed by atoms with E-state index in [1.165, 1.54) is 44.2 Å². The number of nitrogens with zero attached hydrogens (tertiary/aromatic N) is 1. The molecule has 1 heterocycles. The Labute approximate surface area is 104 Å². The Morgan fingerprint density at radius 2 is 1.94 bits per heavy atom. The highest BCUT2D eigenvalue weighted by atomic mass is 15.2. The van der Waals surface area contributed by atoms with Gasteiger partial charge in [0.1, 0.15) is 0 Å². The molecule has 1 aliphatic heterocycles. The molecule has 1 aliphatic carbocycles. The molecule has 1 aromatic rings. The maximum Gasteiger partial charge on any atom is 0.0359 e. The number of nitrogens with two attached hydrogens (primary N) is 1. The fourth-order valence-corrected chi connectivity index (χ4v) is 3.65. The first-order valence-corrected chi connectivity index (χ1v) is 6.92. The average Bonchev–Trinajstić information content (AvgIpc) is 2.81. The van der Waals surface area contributed by atoms with Gasteiger partial charge in [0.25, 0.3) is 0 Å². The SMILES string of the molecule is Nc1ccccc1CN1CCCC2CCCC21. The molecule has 1 saturated heterocycles. The third-order valence-electron chi connectivity index (χ3n) is 4.54. The second kappa shape index (κ2) is 4.69. The van der Waals surface area contributed by atoms with Crippen LogP contribution in [0.2, 0.25) is 0 Å². The predicted octanol–water partition coefficient (Wildman–Crippen LogP) is 3.03. The second-order valence-corrected chi connectivity index (χ2v) is 5.57. The van der Waals surface area contributed by atoms with Crippen LogP contribution in [0, 0.1) is 5.92 Å². The van der Waals surface area contributed by atoms with Gasteiger partial charge in [0.2, 0.25) is 0 Å². The van der Waals surface area contributed by atoms with Crippen LogP contribution in [0.5, 0.6) is 0 Å². The van der Waals surface area contributed by atoms with Gasteiger partial charge < -0.3 is 5.73 Å². The van der Waals surface area contributed by atoms with Crippen LogP contribution in [0.1, 0.15) is 37.7 Å². The first kappa shape index (κ1) is 11.1. The summed E-state index contributed by atoms with van der Waals surface area (Å²) in [7, 11) is 0. The van der Waals surface area contributed by atoms with Crippen molar-refractivity contribution in [1.82, 2.24) is 4.90 Å². The lowest BCUT2D eigenvalue weighted by Crippen LogP contribution is -2.41. The van der Waals surface area contributed by atoms with Crippen LogP contribution in [-0.2, 0) is 6.54 Å². The fourth-order valence-electron chi connectivity index (χ4n) is 3.65. The van der Waals surface area contributed by atoms with E-state index in [4.69, 9.17) is 5.73 Å². The van der Waals surface area contributed by atoms with E-state index in [0.717, 1.165) is 24.2 Å². The van der Waals surface area contributed by atoms with Crippen LogP contribution >= 0.6 is 0 Å². The first-order valence-electron chi connectivity index (χ1n) is 6.92. The van der Waals surface area contributed by atoms with E-state index in [2.05, 4.69) is 17.0 Å². The van der Waals surface area contributed by atoms with Gasteiger partial charge in [-0.3, -0.25) is 4.90 Å². The molecule has 2 fully saturated rings. The van der Waals surface area contributed by atoms with Gasteiger partial charge >= 0.3 is 0 Å². The summed E-state index contributed by atoms with van der Waals surface area (Å²) in [5, 5.41) is 0. The molecule has 1 aromatic carbocycles. The minimum atomic E-state index is 0.836. The van der Waals surface area contributed by atoms with Crippen LogP contribution in [-0.4, -0.2) is 17.5 Å². The number of hydrogen-bond acceptors (Lipinski definition) is 2. The zero-order valence-corrected chi connectivity index (χ0v) is 10.4. The van der Waals surface area contributed by atoms with Gasteiger partial charge in [-0.2, -0.15) is 0 Å². The van der Waals surface area contributed by atoms with Crippen LogP contribution in [0.3, 0.4) is 0 Å². The maximum absolute atomic E-state index is 6.05. The Kier molecular flexibility index (Phi) is 3.06. The third-order valence-corrected chi connectivity index (χ3v) is 4.54. The molecule has 0 aromatic heterocycles. The highest BCUT2D eigenvalue weighted by Crippen LogP contribution is 2.37. The van der Waals surface area contributed by atoms with Crippen LogP contribution in [0.15, 0.2) is 24.3 Å². The average molecular weight is 230 g/mol. The number of piperidine rings is 1. The molecule has 3 rings (SSSR count). The molecule has 0 radical (unpaired) electrons. The van der Waals surface area contributed by atoms with Crippen molar-refractivity contribution in [1.29, 1.82) is 0 Å². The zero-order valence-electron chi connectivity index (χ0n) is 10.4. The van der Waals surface area contributed by atoms with Crippen molar-refractivity contribution in [3.8, 4) is 0 Å². The standard InChI is InChI=1S/C15H22N2/c16-14-8-2-1-5-13(14)11-17-10-4-7-12-6-3-9-15(12)17/h1-2,5,8,12,15H,3-4,6-7,9-11,16H2. The van der Waals surface area contributed by atoms with Crippen LogP contribution in [0.25, 0.3) is 0 Å². The molecule has 2 aliphatic rings. The minimum absolute atomic E-state index is 0.836. The number of nitrogen functional groups attached to an aromatic ring is 1. The van der Waals surface area contributed by atoms with E-state index < -0.39 is 0 Å². The minimum Gasteiger partial charge on any atom is -0.398 e. The third kappa shape index (κ3) is 2.19. The van der Waals surface area contributed by atoms with Crippen molar-refractivity contribution in [3.05, 3.63) is 29.8 Å². The number of likely N-dealkylation sites (tertiary alicyclic amines) is 1. The summed E-state index contributed by atoms with van der Waals surface area (Å²) in [5.74, 6) is 0.966. The van der Waals surface area contributed by atoms with Gasteiger partial charge in [0.15, 0.2) is 0 Å². The van der Waals surface area contributed by atoms with Gasteiger partial charge in [-0.25, -0.2) is 0 Å². The van der Waals surface area contributed by atoms with E-state index in [9.17, 15) is 0 Å². The van der Waals surface area contributed by atoms with Crippen molar-refractivity contribution in [3.63, 3.8) is 0 Å². The highest BCUT2D eigenvalue weighted by molar-refractivity contribution is 5.46. The van der Waals surface area contributed by atoms with E-state index >= 15 is 0 Å². The summed E-state index contributed by atoms with van der Waals surface area (Å²) in [5.41, 5.74) is 8.31. The quantitative estimate of drug-likeness (QED) is 0.791. The lowest BCUT2D eigenvalue weighted by Gasteiger charge is -2.38. The summed E-state index contributed by atoms with van der Waals surface area (Å²) < 4.78 is 0. The zero-order chi connectivity index (χ0) is 11.7. The summed E-state index contributed by atoms with van der Waals surface area (Å²) in [4.78, 5) is 2.67. The molecule has 1 saturated carbocycles. The van der Waals surface area contributed by atoms with E-state index in [1.54, 1.807) is 0 Å². The van der Waals surface area contributed by atoms with Gasteiger partial charge in [-0.1, -0.05) is 24.6 Å². The molecule has 92 valence electrons. The predicted molar refractivity (Wildman–Crippen MR) is 71.6 cm³/mol. The number of rotatable bonds is 2. The number of hydrogen-bond donors (Lipinski definition) is 1. The molecular formula is C15H22N2. The topological polar surface area (TPSA) is 29.3 Å². The molecule has 2 nitrogen and oxygen atoms in total. The Hall–Kier alpha value is -1.02. The van der Waals surface area contributed by atoms with Gasteiger partial charge in [-0.05, 0) is 49.8 Å². The number of benzene rings is 1. The summed E-state index contributed by atoms with van der Waals surface area (Å²) in [6.07, 6.45) is 7.10. The maximum atomic E-state index is 6.05. The molecule has 2 atom stereocenters. The Balaban J connectivity index is 1.74. The Bertz CT molecular complexity index is 388. The lowest BCUT2D eigenvalue weighted by atomic mass is 9.91. The van der Waals surface area contributed by atoms with Crippen LogP contribution < -0.4 is 5.73 Å². The normalized spacial score (nSPS) is 29.2. The molecule has 2 N–H and O–H groups in total. The summed E-state index contributed by atoms with van der Waals surface area (Å²) in [6.45, 7) is 2.31. The second-order valence-electron chi connectivity index (χ2n) is 5.57.